The Morgan fingerprint density at radius 1 is 1.15 bits per heavy atom. The van der Waals surface area contributed by atoms with Crippen LogP contribution in [0.5, 0.6) is 0 Å². The van der Waals surface area contributed by atoms with E-state index < -0.39 is 23.9 Å². The second-order valence-corrected chi connectivity index (χ2v) is 11.5. The molecule has 2 aliphatic carbocycles. The predicted octanol–water partition coefficient (Wildman–Crippen LogP) is 6.13. The summed E-state index contributed by atoms with van der Waals surface area (Å²) in [5, 5.41) is 10.8. The van der Waals surface area contributed by atoms with Crippen LogP contribution in [0.1, 0.15) is 91.9 Å². The molecule has 0 spiro atoms. The molecule has 2 saturated carbocycles. The van der Waals surface area contributed by atoms with Crippen molar-refractivity contribution in [2.75, 3.05) is 7.11 Å². The van der Waals surface area contributed by atoms with E-state index in [4.69, 9.17) is 4.74 Å². The minimum atomic E-state index is -5.02. The van der Waals surface area contributed by atoms with Crippen molar-refractivity contribution in [3.63, 3.8) is 0 Å². The molecule has 0 aliphatic heterocycles. The Balaban J connectivity index is 2.12. The summed E-state index contributed by atoms with van der Waals surface area (Å²) in [4.78, 5) is 23.0. The van der Waals surface area contributed by atoms with Crippen LogP contribution < -0.4 is 0 Å². The summed E-state index contributed by atoms with van der Waals surface area (Å²) in [6.45, 7) is 12.2. The monoisotopic (exact) mass is 490 g/mol. The average molecular weight is 491 g/mol. The van der Waals surface area contributed by atoms with Crippen LogP contribution in [-0.4, -0.2) is 42.0 Å². The summed E-state index contributed by atoms with van der Waals surface area (Å²) in [6.07, 6.45) is 0.328. The first-order valence-electron chi connectivity index (χ1n) is 12.3. The van der Waals surface area contributed by atoms with Gasteiger partial charge in [0.25, 0.3) is 0 Å². The summed E-state index contributed by atoms with van der Waals surface area (Å²) in [6, 6.07) is 0. The Bertz CT molecular complexity index is 758. The molecule has 0 aromatic heterocycles. The van der Waals surface area contributed by atoms with Gasteiger partial charge in [0.1, 0.15) is 6.10 Å². The van der Waals surface area contributed by atoms with E-state index in [1.165, 1.54) is 7.11 Å². The number of hydrogen-bond donors (Lipinski definition) is 1. The molecule has 0 bridgehead atoms. The van der Waals surface area contributed by atoms with Crippen LogP contribution in [0.3, 0.4) is 0 Å². The van der Waals surface area contributed by atoms with Crippen molar-refractivity contribution in [2.24, 2.45) is 22.7 Å². The highest BCUT2D eigenvalue weighted by atomic mass is 19.4. The Morgan fingerprint density at radius 2 is 1.76 bits per heavy atom. The molecule has 0 heterocycles. The fourth-order valence-electron chi connectivity index (χ4n) is 6.81. The van der Waals surface area contributed by atoms with E-state index in [2.05, 4.69) is 32.1 Å². The molecular formula is C26H41F3O5. The molecule has 0 saturated heterocycles. The summed E-state index contributed by atoms with van der Waals surface area (Å²) >= 11 is 0. The van der Waals surface area contributed by atoms with Gasteiger partial charge in [-0.15, -0.1) is 0 Å². The van der Waals surface area contributed by atoms with Crippen molar-refractivity contribution >= 4 is 11.9 Å². The molecular weight excluding hydrogens is 449 g/mol. The molecule has 0 aromatic rings. The van der Waals surface area contributed by atoms with Crippen molar-refractivity contribution < 1.29 is 37.3 Å². The van der Waals surface area contributed by atoms with Gasteiger partial charge in [-0.2, -0.15) is 13.2 Å². The van der Waals surface area contributed by atoms with E-state index in [1.54, 1.807) is 6.92 Å². The van der Waals surface area contributed by atoms with Crippen LogP contribution >= 0.6 is 0 Å². The molecule has 34 heavy (non-hydrogen) atoms. The number of fused-ring (bicyclic) bond motifs is 1. The SMILES string of the molecule is C=C1C[C@H](OC(=O)C(F)(F)F)[C@H]2C(C)(C)CCC[C@]2(C)[C@H]1CCCC(C)(O)CCCC(=O)OC. The Kier molecular flexibility index (Phi) is 8.93. The Hall–Kier alpha value is -1.57. The van der Waals surface area contributed by atoms with E-state index in [9.17, 15) is 27.9 Å². The number of halogens is 3. The van der Waals surface area contributed by atoms with Gasteiger partial charge in [-0.3, -0.25) is 4.79 Å². The van der Waals surface area contributed by atoms with Gasteiger partial charge in [0.2, 0.25) is 0 Å². The van der Waals surface area contributed by atoms with E-state index in [1.807, 2.05) is 0 Å². The van der Waals surface area contributed by atoms with E-state index in [0.717, 1.165) is 37.7 Å². The number of esters is 2. The lowest BCUT2D eigenvalue weighted by atomic mass is 9.46. The average Bonchev–Trinajstić information content (AvgIpc) is 2.68. The van der Waals surface area contributed by atoms with Crippen LogP contribution in [-0.2, 0) is 19.1 Å². The van der Waals surface area contributed by atoms with Crippen LogP contribution in [0, 0.1) is 22.7 Å². The second-order valence-electron chi connectivity index (χ2n) is 11.5. The maximum atomic E-state index is 13.0. The minimum Gasteiger partial charge on any atom is -0.469 e. The highest BCUT2D eigenvalue weighted by Crippen LogP contribution is 2.62. The van der Waals surface area contributed by atoms with Crippen LogP contribution in [0.25, 0.3) is 0 Å². The number of hydrogen-bond acceptors (Lipinski definition) is 5. The van der Waals surface area contributed by atoms with Crippen LogP contribution in [0.4, 0.5) is 13.2 Å². The molecule has 196 valence electrons. The molecule has 0 amide bonds. The van der Waals surface area contributed by atoms with Crippen LogP contribution in [0.2, 0.25) is 0 Å². The lowest BCUT2D eigenvalue weighted by Gasteiger charge is -2.60. The summed E-state index contributed by atoms with van der Waals surface area (Å²) < 4.78 is 48.6. The number of carbonyl (C=O) groups is 2. The van der Waals surface area contributed by atoms with Gasteiger partial charge in [-0.25, -0.2) is 4.79 Å². The third-order valence-electron chi connectivity index (χ3n) is 8.23. The smallest absolute Gasteiger partial charge is 0.469 e. The van der Waals surface area contributed by atoms with Gasteiger partial charge in [-0.1, -0.05) is 39.3 Å². The highest BCUT2D eigenvalue weighted by Gasteiger charge is 2.58. The maximum absolute atomic E-state index is 13.0. The molecule has 2 rings (SSSR count). The standard InChI is InChI=1S/C26H41F3O5/c1-17-16-19(34-22(31)26(27,28)29)21-23(2,3)12-9-15-25(21,5)18(17)10-7-13-24(4,32)14-8-11-20(30)33-6/h18-19,21,32H,1,7-16H2,2-6H3/t18-,19-,21-,24?,25+/m0/s1. The summed E-state index contributed by atoms with van der Waals surface area (Å²) in [5.41, 5.74) is -0.713. The maximum Gasteiger partial charge on any atom is 0.490 e. The summed E-state index contributed by atoms with van der Waals surface area (Å²) in [7, 11) is 1.34. The molecule has 0 aromatic carbocycles. The van der Waals surface area contributed by atoms with E-state index in [0.29, 0.717) is 19.3 Å². The number of methoxy groups -OCH3 is 1. The van der Waals surface area contributed by atoms with Crippen molar-refractivity contribution in [3.8, 4) is 0 Å². The zero-order valence-corrected chi connectivity index (χ0v) is 21.2. The Morgan fingerprint density at radius 3 is 2.35 bits per heavy atom. The van der Waals surface area contributed by atoms with Crippen molar-refractivity contribution in [1.82, 2.24) is 0 Å². The minimum absolute atomic E-state index is 0.0729. The van der Waals surface area contributed by atoms with Crippen molar-refractivity contribution in [3.05, 3.63) is 12.2 Å². The van der Waals surface area contributed by atoms with E-state index >= 15 is 0 Å². The first kappa shape index (κ1) is 28.7. The second kappa shape index (κ2) is 10.6. The predicted molar refractivity (Wildman–Crippen MR) is 123 cm³/mol. The molecule has 5 atom stereocenters. The van der Waals surface area contributed by atoms with Gasteiger partial charge < -0.3 is 14.6 Å². The van der Waals surface area contributed by atoms with Gasteiger partial charge >= 0.3 is 18.1 Å². The van der Waals surface area contributed by atoms with Gasteiger partial charge in [0.15, 0.2) is 0 Å². The van der Waals surface area contributed by atoms with Crippen molar-refractivity contribution in [1.29, 1.82) is 0 Å². The van der Waals surface area contributed by atoms with Crippen molar-refractivity contribution in [2.45, 2.75) is 110 Å². The number of rotatable bonds is 9. The summed E-state index contributed by atoms with van der Waals surface area (Å²) in [5.74, 6) is -2.57. The molecule has 2 fully saturated rings. The zero-order chi connectivity index (χ0) is 25.9. The molecule has 1 unspecified atom stereocenters. The fourth-order valence-corrected chi connectivity index (χ4v) is 6.81. The number of carbonyl (C=O) groups excluding carboxylic acids is 2. The van der Waals surface area contributed by atoms with E-state index in [-0.39, 0.29) is 41.5 Å². The fraction of sp³-hybridized carbons (Fsp3) is 0.846. The van der Waals surface area contributed by atoms with Crippen LogP contribution in [0.15, 0.2) is 12.2 Å². The van der Waals surface area contributed by atoms with Gasteiger partial charge in [0, 0.05) is 18.8 Å². The molecule has 0 radical (unpaired) electrons. The third-order valence-corrected chi connectivity index (χ3v) is 8.23. The first-order valence-corrected chi connectivity index (χ1v) is 12.3. The first-order chi connectivity index (χ1) is 15.5. The topological polar surface area (TPSA) is 72.8 Å². The van der Waals surface area contributed by atoms with Gasteiger partial charge in [-0.05, 0) is 68.6 Å². The normalized spacial score (nSPS) is 30.7. The molecule has 1 N–H and O–H groups in total. The number of ether oxygens (including phenoxy) is 2. The zero-order valence-electron chi connectivity index (χ0n) is 21.2. The quantitative estimate of drug-likeness (QED) is 0.311. The third kappa shape index (κ3) is 6.76. The molecule has 2 aliphatic rings. The molecule has 8 heteroatoms. The lowest BCUT2D eigenvalue weighted by molar-refractivity contribution is -0.218. The highest BCUT2D eigenvalue weighted by molar-refractivity contribution is 5.75. The van der Waals surface area contributed by atoms with Gasteiger partial charge in [0.05, 0.1) is 12.7 Å². The largest absolute Gasteiger partial charge is 0.490 e. The number of alkyl halides is 3. The molecule has 5 nitrogen and oxygen atoms in total. The Labute approximate surface area is 201 Å². The number of aliphatic hydroxyl groups is 1. The lowest BCUT2D eigenvalue weighted by Crippen LogP contribution is -2.57.